The van der Waals surface area contributed by atoms with Gasteiger partial charge in [-0.05, 0) is 19.4 Å². The van der Waals surface area contributed by atoms with Gasteiger partial charge in [0.2, 0.25) is 11.8 Å². The summed E-state index contributed by atoms with van der Waals surface area (Å²) in [5.41, 5.74) is -2.54. The second-order valence-electron chi connectivity index (χ2n) is 7.59. The number of aliphatic carboxylic acids is 1. The normalized spacial score (nSPS) is 34.0. The Morgan fingerprint density at radius 2 is 2.00 bits per heavy atom. The Bertz CT molecular complexity index is 1070. The van der Waals surface area contributed by atoms with E-state index in [4.69, 9.17) is 4.18 Å². The quantitative estimate of drug-likeness (QED) is 0.222. The minimum Gasteiger partial charge on any atom is -0.543 e. The van der Waals surface area contributed by atoms with Crippen LogP contribution in [0.5, 0.6) is 0 Å². The van der Waals surface area contributed by atoms with E-state index in [1.807, 2.05) is 0 Å². The Morgan fingerprint density at radius 1 is 1.33 bits per heavy atom. The van der Waals surface area contributed by atoms with E-state index in [2.05, 4.69) is 10.6 Å². The maximum absolute atomic E-state index is 13.2. The van der Waals surface area contributed by atoms with Crippen LogP contribution in [0.3, 0.4) is 0 Å². The fourth-order valence-electron chi connectivity index (χ4n) is 4.71. The molecule has 0 saturated carbocycles. The molecule has 160 valence electrons. The maximum atomic E-state index is 13.2. The molecular formula is C15H18N3NaO9S2. The van der Waals surface area contributed by atoms with Crippen molar-refractivity contribution in [1.29, 1.82) is 0 Å². The number of rotatable bonds is 5. The van der Waals surface area contributed by atoms with E-state index in [9.17, 15) is 36.3 Å². The van der Waals surface area contributed by atoms with Crippen molar-refractivity contribution in [3.8, 4) is 0 Å². The standard InChI is InChI=1S/C15H19N3O9S2.Na/c1-28(23,24)27-10-8-2-4-16-11-12(19)18(9(10)13(20)21)15(8,11)14(22)17-7-3-5-29(25,26)6-7;/h7-8,11,16H,2-6H2,1H3,(H,17,22)(H,20,21);/q;+1/p-1/t7-,8?,11?,15?;/m0./s1. The number of carboxylic acids is 1. The minimum absolute atomic E-state index is 0. The summed E-state index contributed by atoms with van der Waals surface area (Å²) in [5, 5.41) is 17.2. The molecule has 4 aliphatic heterocycles. The van der Waals surface area contributed by atoms with Gasteiger partial charge in [-0.15, -0.1) is 0 Å². The van der Waals surface area contributed by atoms with Crippen LogP contribution in [0.25, 0.3) is 0 Å². The van der Waals surface area contributed by atoms with E-state index in [1.54, 1.807) is 0 Å². The van der Waals surface area contributed by atoms with Crippen LogP contribution in [0.1, 0.15) is 12.8 Å². The third-order valence-electron chi connectivity index (χ3n) is 5.73. The fourth-order valence-corrected chi connectivity index (χ4v) is 6.90. The second-order valence-corrected chi connectivity index (χ2v) is 11.4. The molecule has 2 N–H and O–H groups in total. The Kier molecular flexibility index (Phi) is 5.83. The van der Waals surface area contributed by atoms with Crippen molar-refractivity contribution < 1.29 is 70.1 Å². The number of carboxylic acid groups (broad SMARTS) is 1. The van der Waals surface area contributed by atoms with Crippen LogP contribution in [-0.2, 0) is 38.5 Å². The molecule has 0 spiro atoms. The van der Waals surface area contributed by atoms with Crippen molar-refractivity contribution in [2.75, 3.05) is 24.3 Å². The second kappa shape index (κ2) is 7.45. The van der Waals surface area contributed by atoms with Gasteiger partial charge in [0, 0.05) is 6.04 Å². The van der Waals surface area contributed by atoms with Gasteiger partial charge >= 0.3 is 39.7 Å². The van der Waals surface area contributed by atoms with Crippen LogP contribution in [0, 0.1) is 5.92 Å². The first-order valence-electron chi connectivity index (χ1n) is 8.82. The molecule has 0 aromatic rings. The Balaban J connectivity index is 0.00000256. The maximum Gasteiger partial charge on any atom is 1.00 e. The van der Waals surface area contributed by atoms with Crippen LogP contribution in [-0.4, -0.2) is 81.4 Å². The zero-order valence-corrected chi connectivity index (χ0v) is 19.8. The van der Waals surface area contributed by atoms with Gasteiger partial charge in [0.25, 0.3) is 0 Å². The van der Waals surface area contributed by atoms with Gasteiger partial charge in [0.1, 0.15) is 11.7 Å². The number of hydrogen-bond acceptors (Lipinski definition) is 10. The molecule has 3 saturated heterocycles. The van der Waals surface area contributed by atoms with Crippen molar-refractivity contribution in [1.82, 2.24) is 15.5 Å². The SMILES string of the molecule is CS(=O)(=O)OC1=C(C(=O)[O-])N2C(=O)C3NCCC1C32C(=O)N[C@H]1CCS(=O)(=O)C1.[Na+]. The first kappa shape index (κ1) is 23.5. The largest absolute Gasteiger partial charge is 1.00 e. The van der Waals surface area contributed by atoms with Crippen molar-refractivity contribution >= 4 is 37.7 Å². The van der Waals surface area contributed by atoms with Gasteiger partial charge < -0.3 is 24.7 Å². The smallest absolute Gasteiger partial charge is 0.543 e. The van der Waals surface area contributed by atoms with E-state index in [1.165, 1.54) is 0 Å². The monoisotopic (exact) mass is 471 g/mol. The summed E-state index contributed by atoms with van der Waals surface area (Å²) in [7, 11) is -7.45. The first-order chi connectivity index (χ1) is 13.4. The molecule has 0 aliphatic carbocycles. The van der Waals surface area contributed by atoms with Gasteiger partial charge in [-0.25, -0.2) is 8.42 Å². The van der Waals surface area contributed by atoms with Crippen LogP contribution < -0.4 is 45.3 Å². The molecule has 4 rings (SSSR count). The number of piperidine rings is 1. The summed E-state index contributed by atoms with van der Waals surface area (Å²) < 4.78 is 51.7. The molecular weight excluding hydrogens is 453 g/mol. The van der Waals surface area contributed by atoms with E-state index in [-0.39, 0.29) is 60.4 Å². The third kappa shape index (κ3) is 3.37. The zero-order chi connectivity index (χ0) is 21.4. The van der Waals surface area contributed by atoms with Gasteiger partial charge in [0.05, 0.1) is 29.6 Å². The molecule has 4 heterocycles. The van der Waals surface area contributed by atoms with E-state index < -0.39 is 72.7 Å². The molecule has 0 aromatic heterocycles. The molecule has 15 heteroatoms. The summed E-state index contributed by atoms with van der Waals surface area (Å²) in [4.78, 5) is 38.3. The molecule has 4 atom stereocenters. The summed E-state index contributed by atoms with van der Waals surface area (Å²) in [6, 6.07) is -1.78. The van der Waals surface area contributed by atoms with Crippen molar-refractivity contribution in [3.05, 3.63) is 11.5 Å². The average molecular weight is 471 g/mol. The van der Waals surface area contributed by atoms with Crippen LogP contribution in [0.15, 0.2) is 11.5 Å². The average Bonchev–Trinajstić information content (AvgIpc) is 3.07. The molecule has 2 amide bonds. The van der Waals surface area contributed by atoms with Gasteiger partial charge in [-0.1, -0.05) is 0 Å². The summed E-state index contributed by atoms with van der Waals surface area (Å²) in [6.07, 6.45) is 1.03. The number of nitrogens with one attached hydrogen (secondary N) is 2. The molecule has 3 unspecified atom stereocenters. The molecule has 12 nitrogen and oxygen atoms in total. The number of carbonyl (C=O) groups excluding carboxylic acids is 3. The third-order valence-corrected chi connectivity index (χ3v) is 7.98. The molecule has 0 radical (unpaired) electrons. The van der Waals surface area contributed by atoms with E-state index >= 15 is 0 Å². The first-order valence-corrected chi connectivity index (χ1v) is 12.5. The van der Waals surface area contributed by atoms with Crippen LogP contribution in [0.4, 0.5) is 0 Å². The van der Waals surface area contributed by atoms with E-state index in [0.29, 0.717) is 4.90 Å². The molecule has 0 aromatic carbocycles. The number of carbonyl (C=O) groups is 3. The molecule has 4 aliphatic rings. The summed E-state index contributed by atoms with van der Waals surface area (Å²) in [5.74, 6) is -5.24. The molecule has 3 fully saturated rings. The van der Waals surface area contributed by atoms with Crippen molar-refractivity contribution in [2.45, 2.75) is 30.5 Å². The predicted molar refractivity (Wildman–Crippen MR) is 92.6 cm³/mol. The topological polar surface area (TPSA) is 179 Å². The Labute approximate surface area is 194 Å². The van der Waals surface area contributed by atoms with Gasteiger partial charge in [0.15, 0.2) is 21.1 Å². The summed E-state index contributed by atoms with van der Waals surface area (Å²) >= 11 is 0. The van der Waals surface area contributed by atoms with Crippen molar-refractivity contribution in [2.24, 2.45) is 5.92 Å². The van der Waals surface area contributed by atoms with Crippen LogP contribution in [0.2, 0.25) is 0 Å². The Morgan fingerprint density at radius 3 is 2.53 bits per heavy atom. The van der Waals surface area contributed by atoms with E-state index in [0.717, 1.165) is 6.26 Å². The fraction of sp³-hybridized carbons (Fsp3) is 0.667. The summed E-state index contributed by atoms with van der Waals surface area (Å²) in [6.45, 7) is 0.221. The number of nitrogens with zero attached hydrogens (tertiary/aromatic N) is 1. The van der Waals surface area contributed by atoms with Crippen molar-refractivity contribution in [3.63, 3.8) is 0 Å². The number of hydrogen-bond donors (Lipinski definition) is 2. The number of sulfone groups is 1. The predicted octanol–water partition coefficient (Wildman–Crippen LogP) is -7.20. The molecule has 0 bridgehead atoms. The zero-order valence-electron chi connectivity index (χ0n) is 16.2. The minimum atomic E-state index is -4.16. The Hall–Kier alpha value is -1.19. The van der Waals surface area contributed by atoms with Gasteiger partial charge in [-0.3, -0.25) is 14.5 Å². The van der Waals surface area contributed by atoms with Crippen LogP contribution >= 0.6 is 0 Å². The van der Waals surface area contributed by atoms with Gasteiger partial charge in [-0.2, -0.15) is 8.42 Å². The number of β-lactam (4-membered cyclic amide) rings is 1. The molecule has 30 heavy (non-hydrogen) atoms. The number of amides is 2.